The number of rotatable bonds is 2. The number of hydrogen-bond acceptors (Lipinski definition) is 10. The van der Waals surface area contributed by atoms with Gasteiger partial charge in [-0.05, 0) is 84.9 Å². The van der Waals surface area contributed by atoms with E-state index in [-0.39, 0.29) is 81.3 Å². The fourth-order valence-electron chi connectivity index (χ4n) is 7.07. The van der Waals surface area contributed by atoms with Crippen LogP contribution in [-0.2, 0) is 20.2 Å². The molecule has 0 aliphatic heterocycles. The summed E-state index contributed by atoms with van der Waals surface area (Å²) in [6.07, 6.45) is 0. The molecule has 6 aromatic carbocycles. The summed E-state index contributed by atoms with van der Waals surface area (Å²) < 4.78 is 67.7. The minimum atomic E-state index is -4.65. The molecule has 17 heteroatoms. The summed E-state index contributed by atoms with van der Waals surface area (Å²) >= 11 is 0. The molecule has 0 bridgehead atoms. The van der Waals surface area contributed by atoms with Gasteiger partial charge in [0.15, 0.2) is 21.7 Å². The van der Waals surface area contributed by atoms with Crippen molar-refractivity contribution in [2.75, 3.05) is 0 Å². The van der Waals surface area contributed by atoms with Crippen LogP contribution < -0.4 is 21.7 Å². The van der Waals surface area contributed by atoms with E-state index in [1.54, 1.807) is 60.7 Å². The van der Waals surface area contributed by atoms with E-state index >= 15 is 0 Å². The maximum Gasteiger partial charge on any atom is 2.00 e. The van der Waals surface area contributed by atoms with E-state index in [9.17, 15) is 45.1 Å². The second-order valence-electron chi connectivity index (χ2n) is 13.1. The van der Waals surface area contributed by atoms with E-state index in [0.717, 1.165) is 24.3 Å². The first kappa shape index (κ1) is 38.2. The van der Waals surface area contributed by atoms with E-state index < -0.39 is 30.0 Å². The van der Waals surface area contributed by atoms with E-state index in [0.29, 0.717) is 65.4 Å². The van der Waals surface area contributed by atoms with Crippen LogP contribution in [0.5, 0.6) is 0 Å². The van der Waals surface area contributed by atoms with Crippen molar-refractivity contribution in [3.05, 3.63) is 150 Å². The van der Waals surface area contributed by atoms with Crippen LogP contribution in [0.4, 0.5) is 0 Å². The van der Waals surface area contributed by atoms with Crippen molar-refractivity contribution in [2.45, 2.75) is 9.79 Å². The molecule has 0 spiro atoms. The maximum absolute atomic E-state index is 12.9. The first-order valence-electron chi connectivity index (χ1n) is 16.7. The summed E-state index contributed by atoms with van der Waals surface area (Å²) in [5.74, 6) is 0. The van der Waals surface area contributed by atoms with Crippen LogP contribution in [-0.4, -0.2) is 83.6 Å². The van der Waals surface area contributed by atoms with E-state index in [1.807, 2.05) is 12.1 Å². The quantitative estimate of drug-likeness (QED) is 0.106. The normalized spacial score (nSPS) is 12.1. The number of hydrogen-bond donors (Lipinski definition) is 4. The smallest absolute Gasteiger partial charge is 0.744 e. The van der Waals surface area contributed by atoms with Gasteiger partial charge in [-0.1, -0.05) is 24.3 Å². The van der Waals surface area contributed by atoms with E-state index in [2.05, 4.69) is 19.9 Å². The minimum Gasteiger partial charge on any atom is -0.744 e. The van der Waals surface area contributed by atoms with Crippen molar-refractivity contribution in [2.24, 2.45) is 0 Å². The minimum absolute atomic E-state index is 0. The molecule has 10 aromatic rings. The number of aromatic amines is 4. The Labute approximate surface area is 348 Å². The molecule has 0 aliphatic carbocycles. The number of aromatic nitrogens is 4. The Morgan fingerprint density at radius 1 is 0.333 bits per heavy atom. The van der Waals surface area contributed by atoms with Crippen LogP contribution in [0.2, 0.25) is 0 Å². The van der Waals surface area contributed by atoms with Crippen LogP contribution in [0.1, 0.15) is 0 Å². The molecule has 0 saturated carbocycles. The predicted octanol–water partition coefficient (Wildman–Crippen LogP) is 4.78. The van der Waals surface area contributed by atoms with Crippen molar-refractivity contribution >= 4 is 145 Å². The van der Waals surface area contributed by atoms with Gasteiger partial charge in [0, 0.05) is 54.1 Å². The summed E-state index contributed by atoms with van der Waals surface area (Å²) in [6, 6.07) is 27.6. The molecule has 4 N–H and O–H groups in total. The van der Waals surface area contributed by atoms with E-state index in [4.69, 9.17) is 0 Å². The molecule has 10 rings (SSSR count). The number of para-hydroxylation sites is 2. The number of nitrogens with one attached hydrogen (secondary N) is 4. The van der Waals surface area contributed by atoms with Gasteiger partial charge in [-0.2, -0.15) is 0 Å². The predicted molar refractivity (Wildman–Crippen MR) is 217 cm³/mol. The van der Waals surface area contributed by atoms with Crippen LogP contribution in [0.15, 0.2) is 138 Å². The topological polar surface area (TPSA) is 246 Å². The zero-order valence-corrected chi connectivity index (χ0v) is 32.8. The Bertz CT molecular complexity index is 3620. The van der Waals surface area contributed by atoms with Crippen molar-refractivity contribution < 1.29 is 25.9 Å². The summed E-state index contributed by atoms with van der Waals surface area (Å²) in [5.41, 5.74) is 2.58. The molecule has 0 atom stereocenters. The third-order valence-electron chi connectivity index (χ3n) is 9.76. The molecule has 4 aromatic heterocycles. The molecular weight excluding hydrogens is 801 g/mol. The third kappa shape index (κ3) is 6.50. The van der Waals surface area contributed by atoms with Crippen LogP contribution >= 0.6 is 0 Å². The molecule has 0 saturated heterocycles. The number of benzene rings is 6. The van der Waals surface area contributed by atoms with Crippen molar-refractivity contribution in [1.82, 2.24) is 19.9 Å². The van der Waals surface area contributed by atoms with Crippen molar-refractivity contribution in [3.63, 3.8) is 0 Å². The first-order chi connectivity index (χ1) is 26.7. The zero-order valence-electron chi connectivity index (χ0n) is 29.0. The number of fused-ring (bicyclic) bond motifs is 8. The summed E-state index contributed by atoms with van der Waals surface area (Å²) in [5, 5.41) is 3.05. The van der Waals surface area contributed by atoms with Crippen LogP contribution in [0.25, 0.3) is 87.2 Å². The van der Waals surface area contributed by atoms with Crippen molar-refractivity contribution in [1.29, 1.82) is 0 Å². The molecule has 0 amide bonds. The van der Waals surface area contributed by atoms with Crippen LogP contribution in [0.3, 0.4) is 0 Å². The molecule has 0 radical (unpaired) electrons. The molecule has 0 fully saturated rings. The second kappa shape index (κ2) is 13.7. The Hall–Kier alpha value is -5.72. The average Bonchev–Trinajstić information content (AvgIpc) is 3.17. The van der Waals surface area contributed by atoms with Gasteiger partial charge in [0.25, 0.3) is 0 Å². The molecular formula is C40H22CaN4O10S2. The Kier molecular flexibility index (Phi) is 9.20. The molecule has 4 heterocycles. The van der Waals surface area contributed by atoms with Gasteiger partial charge in [-0.3, -0.25) is 19.2 Å². The fraction of sp³-hybridized carbons (Fsp3) is 0. The zero-order chi connectivity index (χ0) is 39.3. The second-order valence-corrected chi connectivity index (χ2v) is 15.9. The maximum atomic E-state index is 12.9. The molecule has 276 valence electrons. The third-order valence-corrected chi connectivity index (χ3v) is 11.4. The Morgan fingerprint density at radius 3 is 0.912 bits per heavy atom. The molecule has 0 aliphatic rings. The molecule has 14 nitrogen and oxygen atoms in total. The van der Waals surface area contributed by atoms with E-state index in [1.165, 1.54) is 12.1 Å². The first-order valence-corrected chi connectivity index (χ1v) is 19.5. The molecule has 0 unspecified atom stereocenters. The Morgan fingerprint density at radius 2 is 0.596 bits per heavy atom. The van der Waals surface area contributed by atoms with Gasteiger partial charge in [0.2, 0.25) is 0 Å². The van der Waals surface area contributed by atoms with Gasteiger partial charge >= 0.3 is 37.7 Å². The SMILES string of the molecule is O=c1c2ccccc2[nH]c2cc3c(=O)c4ccc(S(=O)(=O)[O-])cc4[nH]c3cc12.O=c1c2ccccc2[nH]c2cc3c(=O)c4ccc(S(=O)(=O)[O-])cc4[nH]c3cc12.[Ca+2]. The largest absolute Gasteiger partial charge is 2.00 e. The fourth-order valence-corrected chi connectivity index (χ4v) is 8.06. The standard InChI is InChI=1S/2C20H12N2O5S.Ca/c2*23-19-11-3-1-2-4-15(11)21-17-8-14-18(9-13(17)19)22-16-7-10(28(25,26)27)5-6-12(16)20(14)24;/h2*1-9H,(H,21,23)(H,22,24)(H,25,26,27);/q;;+2/p-2. The van der Waals surface area contributed by atoms with Crippen LogP contribution in [0, 0.1) is 0 Å². The van der Waals surface area contributed by atoms with Gasteiger partial charge in [0.1, 0.15) is 20.2 Å². The average molecular weight is 823 g/mol. The summed E-state index contributed by atoms with van der Waals surface area (Å²) in [4.78, 5) is 62.9. The molecule has 57 heavy (non-hydrogen) atoms. The number of H-pyrrole nitrogens is 4. The monoisotopic (exact) mass is 822 g/mol. The van der Waals surface area contributed by atoms with Crippen molar-refractivity contribution in [3.8, 4) is 0 Å². The van der Waals surface area contributed by atoms with Gasteiger partial charge < -0.3 is 29.0 Å². The Balaban J connectivity index is 0.000000157. The van der Waals surface area contributed by atoms with Gasteiger partial charge in [-0.25, -0.2) is 16.8 Å². The van der Waals surface area contributed by atoms with Gasteiger partial charge in [-0.15, -0.1) is 0 Å². The van der Waals surface area contributed by atoms with Gasteiger partial charge in [0.05, 0.1) is 42.9 Å². The number of pyridine rings is 4. The summed E-state index contributed by atoms with van der Waals surface area (Å²) in [7, 11) is -9.31. The summed E-state index contributed by atoms with van der Waals surface area (Å²) in [6.45, 7) is 0.